The molecule has 3 rings (SSSR count). The number of hydrogen-bond donors (Lipinski definition) is 2. The molecule has 0 bridgehead atoms. The van der Waals surface area contributed by atoms with Gasteiger partial charge in [-0.05, 0) is 6.42 Å². The first-order valence-electron chi connectivity index (χ1n) is 8.68. The molecule has 0 aromatic carbocycles. The normalized spacial score (nSPS) is 13.2. The maximum Gasteiger partial charge on any atom is 0.405 e. The van der Waals surface area contributed by atoms with Crippen LogP contribution < -0.4 is 5.32 Å². The number of imidazole rings is 1. The number of nitrogens with one attached hydrogen (secondary N) is 2. The molecule has 0 fully saturated rings. The molecular weight excluding hydrogens is 443 g/mol. The number of rotatable bonds is 7. The molecule has 3 heterocycles. The number of pyridine rings is 1. The second-order valence-electron chi connectivity index (χ2n) is 6.28. The lowest BCUT2D eigenvalue weighted by atomic mass is 10.3. The Hall–Kier alpha value is -2.37. The summed E-state index contributed by atoms with van der Waals surface area (Å²) in [4.78, 5) is 21.8. The minimum Gasteiger partial charge on any atom is -0.329 e. The molecule has 0 saturated heterocycles. The zero-order chi connectivity index (χ0) is 20.3. The van der Waals surface area contributed by atoms with Crippen LogP contribution in [0.3, 0.4) is 0 Å². The van der Waals surface area contributed by atoms with Gasteiger partial charge in [0.25, 0.3) is 0 Å². The molecule has 1 atom stereocenters. The predicted molar refractivity (Wildman–Crippen MR) is 101 cm³/mol. The summed E-state index contributed by atoms with van der Waals surface area (Å²) in [6.45, 7) is 1.09. The Morgan fingerprint density at radius 3 is 2.89 bits per heavy atom. The highest BCUT2D eigenvalue weighted by atomic mass is 79.9. The maximum atomic E-state index is 12.4. The first-order chi connectivity index (χ1) is 13.3. The molecule has 0 saturated carbocycles. The first kappa shape index (κ1) is 20.4. The number of H-pyrrole nitrogens is 1. The molecule has 3 aromatic rings. The van der Waals surface area contributed by atoms with E-state index >= 15 is 0 Å². The topological polar surface area (TPSA) is 91.7 Å². The monoisotopic (exact) mass is 461 g/mol. The number of amides is 2. The largest absolute Gasteiger partial charge is 0.405 e. The van der Waals surface area contributed by atoms with E-state index in [0.29, 0.717) is 24.1 Å². The molecule has 0 radical (unpaired) electrons. The third-order valence-corrected chi connectivity index (χ3v) is 4.92. The lowest BCUT2D eigenvalue weighted by molar-refractivity contribution is -0.123. The Kier molecular flexibility index (Phi) is 6.06. The summed E-state index contributed by atoms with van der Waals surface area (Å²) in [6, 6.07) is -0.755. The SMILES string of the molecule is CCCCN(C[C@H](Br)n1cnc2cnc3[nH]ncc3c21)C(=O)NCC(F)(F)F. The molecular formula is C16H19BrF3N7O. The van der Waals surface area contributed by atoms with E-state index in [1.165, 1.54) is 4.90 Å². The smallest absolute Gasteiger partial charge is 0.329 e. The van der Waals surface area contributed by atoms with E-state index in [1.807, 2.05) is 16.8 Å². The van der Waals surface area contributed by atoms with Gasteiger partial charge in [0.1, 0.15) is 17.0 Å². The molecule has 3 aromatic heterocycles. The molecule has 0 aliphatic carbocycles. The van der Waals surface area contributed by atoms with Crippen LogP contribution in [0.1, 0.15) is 24.7 Å². The number of alkyl halides is 4. The van der Waals surface area contributed by atoms with E-state index < -0.39 is 23.7 Å². The minimum absolute atomic E-state index is 0.164. The standard InChI is InChI=1S/C16H19BrF3N7O/c1-2-3-4-26(15(28)22-8-16(18,19)20)7-12(17)27-9-23-11-6-21-14-10(13(11)27)5-24-25-14/h5-6,9,12H,2-4,7-8H2,1H3,(H,22,28)(H,21,24,25)/t12-/m1/s1. The van der Waals surface area contributed by atoms with Crippen molar-refractivity contribution in [2.45, 2.75) is 30.9 Å². The van der Waals surface area contributed by atoms with Crippen LogP contribution in [0.2, 0.25) is 0 Å². The predicted octanol–water partition coefficient (Wildman–Crippen LogP) is 3.58. The van der Waals surface area contributed by atoms with Crippen LogP contribution >= 0.6 is 15.9 Å². The molecule has 28 heavy (non-hydrogen) atoms. The van der Waals surface area contributed by atoms with Crippen LogP contribution in [0.15, 0.2) is 18.7 Å². The zero-order valence-corrected chi connectivity index (χ0v) is 16.6. The van der Waals surface area contributed by atoms with E-state index in [-0.39, 0.29) is 6.54 Å². The summed E-state index contributed by atoms with van der Waals surface area (Å²) in [5.74, 6) is 0. The molecule has 0 unspecified atom stereocenters. The highest BCUT2D eigenvalue weighted by Gasteiger charge is 2.29. The van der Waals surface area contributed by atoms with Crippen molar-refractivity contribution in [2.24, 2.45) is 0 Å². The van der Waals surface area contributed by atoms with Crippen molar-refractivity contribution >= 4 is 44.0 Å². The average Bonchev–Trinajstić information content (AvgIpc) is 3.27. The summed E-state index contributed by atoms with van der Waals surface area (Å²) in [5, 5.41) is 9.47. The van der Waals surface area contributed by atoms with Crippen molar-refractivity contribution in [2.75, 3.05) is 19.6 Å². The molecule has 2 N–H and O–H groups in total. The zero-order valence-electron chi connectivity index (χ0n) is 15.0. The van der Waals surface area contributed by atoms with Crippen LogP contribution in [0, 0.1) is 0 Å². The van der Waals surface area contributed by atoms with E-state index in [4.69, 9.17) is 0 Å². The van der Waals surface area contributed by atoms with Crippen LogP contribution in [0.5, 0.6) is 0 Å². The van der Waals surface area contributed by atoms with E-state index in [0.717, 1.165) is 17.3 Å². The second-order valence-corrected chi connectivity index (χ2v) is 7.34. The Morgan fingerprint density at radius 1 is 1.39 bits per heavy atom. The third kappa shape index (κ3) is 4.54. The van der Waals surface area contributed by atoms with Crippen molar-refractivity contribution in [1.82, 2.24) is 34.9 Å². The van der Waals surface area contributed by atoms with Gasteiger partial charge in [-0.15, -0.1) is 0 Å². The van der Waals surface area contributed by atoms with E-state index in [2.05, 4.69) is 36.1 Å². The maximum absolute atomic E-state index is 12.4. The Labute approximate surface area is 166 Å². The third-order valence-electron chi connectivity index (χ3n) is 4.19. The van der Waals surface area contributed by atoms with Gasteiger partial charge in [-0.25, -0.2) is 14.8 Å². The Balaban J connectivity index is 1.81. The number of aromatic nitrogens is 5. The van der Waals surface area contributed by atoms with Crippen LogP contribution in [-0.4, -0.2) is 61.5 Å². The molecule has 12 heteroatoms. The lowest BCUT2D eigenvalue weighted by Gasteiger charge is -2.26. The van der Waals surface area contributed by atoms with Gasteiger partial charge in [-0.1, -0.05) is 29.3 Å². The van der Waals surface area contributed by atoms with Crippen molar-refractivity contribution in [3.63, 3.8) is 0 Å². The number of unbranched alkanes of at least 4 members (excludes halogenated alkanes) is 1. The van der Waals surface area contributed by atoms with Gasteiger partial charge < -0.3 is 14.8 Å². The molecule has 8 nitrogen and oxygen atoms in total. The summed E-state index contributed by atoms with van der Waals surface area (Å²) >= 11 is 3.54. The molecule has 152 valence electrons. The molecule has 2 amide bonds. The van der Waals surface area contributed by atoms with Crippen molar-refractivity contribution in [1.29, 1.82) is 0 Å². The van der Waals surface area contributed by atoms with Gasteiger partial charge in [-0.2, -0.15) is 18.3 Å². The summed E-state index contributed by atoms with van der Waals surface area (Å²) in [6.07, 6.45) is 1.87. The highest BCUT2D eigenvalue weighted by molar-refractivity contribution is 9.09. The second kappa shape index (κ2) is 8.33. The Morgan fingerprint density at radius 2 is 2.18 bits per heavy atom. The number of nitrogens with zero attached hydrogens (tertiary/aromatic N) is 5. The average molecular weight is 462 g/mol. The lowest BCUT2D eigenvalue weighted by Crippen LogP contribution is -2.45. The van der Waals surface area contributed by atoms with Crippen molar-refractivity contribution < 1.29 is 18.0 Å². The number of fused-ring (bicyclic) bond motifs is 3. The fourth-order valence-electron chi connectivity index (χ4n) is 2.82. The number of carbonyl (C=O) groups is 1. The highest BCUT2D eigenvalue weighted by Crippen LogP contribution is 2.27. The van der Waals surface area contributed by atoms with Crippen molar-refractivity contribution in [3.8, 4) is 0 Å². The van der Waals surface area contributed by atoms with Gasteiger partial charge in [0.15, 0.2) is 5.65 Å². The fraction of sp³-hybridized carbons (Fsp3) is 0.500. The summed E-state index contributed by atoms with van der Waals surface area (Å²) < 4.78 is 39.1. The number of aromatic amines is 1. The van der Waals surface area contributed by atoms with Gasteiger partial charge in [0.2, 0.25) is 0 Å². The van der Waals surface area contributed by atoms with Gasteiger partial charge in [0, 0.05) is 6.54 Å². The number of urea groups is 1. The van der Waals surface area contributed by atoms with Crippen molar-refractivity contribution in [3.05, 3.63) is 18.7 Å². The van der Waals surface area contributed by atoms with Gasteiger partial charge in [0.05, 0.1) is 36.2 Å². The van der Waals surface area contributed by atoms with Gasteiger partial charge >= 0.3 is 12.2 Å². The van der Waals surface area contributed by atoms with Crippen LogP contribution in [0.25, 0.3) is 22.1 Å². The summed E-state index contributed by atoms with van der Waals surface area (Å²) in [5.41, 5.74) is 2.02. The Bertz CT molecular complexity index is 955. The summed E-state index contributed by atoms with van der Waals surface area (Å²) in [7, 11) is 0. The van der Waals surface area contributed by atoms with E-state index in [1.54, 1.807) is 18.7 Å². The first-order valence-corrected chi connectivity index (χ1v) is 9.60. The quantitative estimate of drug-likeness (QED) is 0.526. The number of hydrogen-bond acceptors (Lipinski definition) is 4. The molecule has 0 aliphatic heterocycles. The fourth-order valence-corrected chi connectivity index (χ4v) is 3.48. The van der Waals surface area contributed by atoms with Gasteiger partial charge in [-0.3, -0.25) is 5.10 Å². The number of carbonyl (C=O) groups excluding carboxylic acids is 1. The molecule has 0 aliphatic rings. The van der Waals surface area contributed by atoms with Crippen LogP contribution in [-0.2, 0) is 0 Å². The van der Waals surface area contributed by atoms with Crippen LogP contribution in [0.4, 0.5) is 18.0 Å². The van der Waals surface area contributed by atoms with E-state index in [9.17, 15) is 18.0 Å². The minimum atomic E-state index is -4.46. The molecule has 0 spiro atoms. The number of halogens is 4.